The minimum atomic E-state index is -0.339. The largest absolute Gasteiger partial charge is 0.493 e. The van der Waals surface area contributed by atoms with Crippen LogP contribution in [0.15, 0.2) is 64.4 Å². The zero-order chi connectivity index (χ0) is 17.4. The summed E-state index contributed by atoms with van der Waals surface area (Å²) in [6.45, 7) is 2.23. The van der Waals surface area contributed by atoms with Gasteiger partial charge in [0.25, 0.3) is 0 Å². The number of fused-ring (bicyclic) bond motifs is 1. The Hall–Kier alpha value is -3.34. The number of aromatic hydroxyl groups is 1. The third kappa shape index (κ3) is 2.70. The predicted octanol–water partition coefficient (Wildman–Crippen LogP) is 3.58. The van der Waals surface area contributed by atoms with E-state index < -0.39 is 0 Å². The van der Waals surface area contributed by atoms with Crippen molar-refractivity contribution in [2.75, 3.05) is 0 Å². The summed E-state index contributed by atoms with van der Waals surface area (Å²) >= 11 is 0. The first kappa shape index (κ1) is 15.2. The average molecular weight is 331 g/mol. The molecule has 1 aliphatic rings. The third-order valence-corrected chi connectivity index (χ3v) is 4.33. The van der Waals surface area contributed by atoms with Gasteiger partial charge in [-0.3, -0.25) is 9.56 Å². The van der Waals surface area contributed by atoms with Crippen LogP contribution in [0, 0.1) is 0 Å². The van der Waals surface area contributed by atoms with Gasteiger partial charge in [-0.1, -0.05) is 48.5 Å². The van der Waals surface area contributed by atoms with Crippen LogP contribution in [0.2, 0.25) is 0 Å². The van der Waals surface area contributed by atoms with Gasteiger partial charge in [0.1, 0.15) is 5.69 Å². The lowest BCUT2D eigenvalue weighted by atomic mass is 10.0. The maximum Gasteiger partial charge on any atom is 0.329 e. The van der Waals surface area contributed by atoms with Crippen molar-refractivity contribution >= 4 is 23.0 Å². The number of rotatable bonds is 3. The highest BCUT2D eigenvalue weighted by Gasteiger charge is 2.19. The molecule has 25 heavy (non-hydrogen) atoms. The number of allylic oxidation sites excluding steroid dienone is 1. The molecule has 1 aliphatic heterocycles. The summed E-state index contributed by atoms with van der Waals surface area (Å²) in [7, 11) is 0. The molecule has 0 radical (unpaired) electrons. The van der Waals surface area contributed by atoms with Gasteiger partial charge >= 0.3 is 5.69 Å². The molecular formula is C20H17N3O2. The number of nitrogens with zero attached hydrogens (tertiary/aromatic N) is 2. The van der Waals surface area contributed by atoms with Crippen LogP contribution in [0.3, 0.4) is 0 Å². The van der Waals surface area contributed by atoms with E-state index in [9.17, 15) is 9.90 Å². The molecule has 4 rings (SSSR count). The number of aliphatic imine (C=N–C) groups is 1. The lowest BCUT2D eigenvalue weighted by Crippen LogP contribution is -2.17. The molecule has 0 unspecified atom stereocenters. The lowest BCUT2D eigenvalue weighted by Gasteiger charge is -2.04. The van der Waals surface area contributed by atoms with Crippen LogP contribution in [-0.2, 0) is 6.54 Å². The van der Waals surface area contributed by atoms with Crippen LogP contribution < -0.4 is 5.69 Å². The number of para-hydroxylation sites is 1. The number of imidazole rings is 1. The first-order chi connectivity index (χ1) is 12.1. The highest BCUT2D eigenvalue weighted by atomic mass is 16.3. The van der Waals surface area contributed by atoms with Crippen molar-refractivity contribution in [2.24, 2.45) is 4.99 Å². The normalized spacial score (nSPS) is 14.6. The Morgan fingerprint density at radius 2 is 1.84 bits per heavy atom. The summed E-state index contributed by atoms with van der Waals surface area (Å²) in [4.78, 5) is 19.5. The average Bonchev–Trinajstić information content (AvgIpc) is 3.07. The van der Waals surface area contributed by atoms with Crippen molar-refractivity contribution < 1.29 is 5.11 Å². The molecule has 0 atom stereocenters. The highest BCUT2D eigenvalue weighted by Crippen LogP contribution is 2.36. The molecule has 0 saturated heterocycles. The number of aromatic amines is 1. The van der Waals surface area contributed by atoms with Gasteiger partial charge in [0, 0.05) is 16.8 Å². The fraction of sp³-hybridized carbons (Fsp3) is 0.100. The van der Waals surface area contributed by atoms with Crippen molar-refractivity contribution in [3.63, 3.8) is 0 Å². The summed E-state index contributed by atoms with van der Waals surface area (Å²) in [5.74, 6) is -0.0708. The fourth-order valence-electron chi connectivity index (χ4n) is 3.05. The molecule has 124 valence electrons. The van der Waals surface area contributed by atoms with E-state index >= 15 is 0 Å². The molecule has 5 nitrogen and oxygen atoms in total. The molecule has 1 aromatic heterocycles. The molecule has 2 heterocycles. The van der Waals surface area contributed by atoms with E-state index in [-0.39, 0.29) is 11.6 Å². The molecule has 5 heteroatoms. The fourth-order valence-corrected chi connectivity index (χ4v) is 3.05. The summed E-state index contributed by atoms with van der Waals surface area (Å²) in [6, 6.07) is 17.4. The summed E-state index contributed by atoms with van der Waals surface area (Å²) in [5, 5.41) is 10.5. The van der Waals surface area contributed by atoms with E-state index in [1.165, 1.54) is 4.57 Å². The van der Waals surface area contributed by atoms with Crippen LogP contribution in [-0.4, -0.2) is 20.4 Å². The molecule has 2 aromatic carbocycles. The van der Waals surface area contributed by atoms with Crippen molar-refractivity contribution in [1.82, 2.24) is 9.55 Å². The van der Waals surface area contributed by atoms with Crippen molar-refractivity contribution in [3.8, 4) is 5.88 Å². The van der Waals surface area contributed by atoms with E-state index in [0.29, 0.717) is 12.2 Å². The second-order valence-electron chi connectivity index (χ2n) is 6.01. The first-order valence-corrected chi connectivity index (χ1v) is 8.06. The topological polar surface area (TPSA) is 70.4 Å². The van der Waals surface area contributed by atoms with E-state index in [0.717, 1.165) is 28.1 Å². The Balaban J connectivity index is 1.75. The Labute approximate surface area is 144 Å². The molecule has 2 N–H and O–H groups in total. The molecular weight excluding hydrogens is 314 g/mol. The number of nitrogens with one attached hydrogen (secondary N) is 1. The van der Waals surface area contributed by atoms with Crippen LogP contribution in [0.1, 0.15) is 23.7 Å². The monoisotopic (exact) mass is 331 g/mol. The van der Waals surface area contributed by atoms with Gasteiger partial charge < -0.3 is 10.1 Å². The lowest BCUT2D eigenvalue weighted by molar-refractivity contribution is 0.420. The molecule has 0 bridgehead atoms. The molecule has 0 amide bonds. The second-order valence-corrected chi connectivity index (χ2v) is 6.01. The maximum atomic E-state index is 12.3. The second kappa shape index (κ2) is 5.94. The highest BCUT2D eigenvalue weighted by molar-refractivity contribution is 6.31. The number of hydrogen-bond acceptors (Lipinski definition) is 3. The Morgan fingerprint density at radius 1 is 1.12 bits per heavy atom. The minimum Gasteiger partial charge on any atom is -0.493 e. The summed E-state index contributed by atoms with van der Waals surface area (Å²) in [6.07, 6.45) is 1.78. The first-order valence-electron chi connectivity index (χ1n) is 8.06. The third-order valence-electron chi connectivity index (χ3n) is 4.33. The number of benzene rings is 2. The Morgan fingerprint density at radius 3 is 2.64 bits per heavy atom. The standard InChI is InChI=1S/C20H17N3O2/c1-13-16(15-9-5-6-10-17(15)21-13)11-18-19(24)23(20(25)22-18)12-14-7-3-2-4-8-14/h2-11,24H,12H2,1H3,(H,22,25). The van der Waals surface area contributed by atoms with Crippen molar-refractivity contribution in [1.29, 1.82) is 0 Å². The minimum absolute atomic E-state index is 0.0708. The van der Waals surface area contributed by atoms with Gasteiger partial charge in [-0.2, -0.15) is 0 Å². The van der Waals surface area contributed by atoms with Gasteiger partial charge in [-0.25, -0.2) is 4.79 Å². The summed E-state index contributed by atoms with van der Waals surface area (Å²) in [5.41, 5.74) is 4.66. The van der Waals surface area contributed by atoms with Crippen LogP contribution >= 0.6 is 0 Å². The number of aromatic nitrogens is 2. The zero-order valence-electron chi connectivity index (χ0n) is 13.7. The van der Waals surface area contributed by atoms with Gasteiger partial charge in [0.15, 0.2) is 0 Å². The Kier molecular flexibility index (Phi) is 3.61. The van der Waals surface area contributed by atoms with Crippen LogP contribution in [0.25, 0.3) is 11.6 Å². The van der Waals surface area contributed by atoms with E-state index in [1.807, 2.05) is 61.5 Å². The zero-order valence-corrected chi connectivity index (χ0v) is 13.7. The van der Waals surface area contributed by atoms with Crippen molar-refractivity contribution in [2.45, 2.75) is 13.5 Å². The smallest absolute Gasteiger partial charge is 0.329 e. The van der Waals surface area contributed by atoms with Crippen molar-refractivity contribution in [3.05, 3.63) is 81.9 Å². The summed E-state index contributed by atoms with van der Waals surface area (Å²) < 4.78 is 1.33. The predicted molar refractivity (Wildman–Crippen MR) is 99.3 cm³/mol. The van der Waals surface area contributed by atoms with E-state index in [2.05, 4.69) is 9.98 Å². The van der Waals surface area contributed by atoms with Crippen LogP contribution in [0.5, 0.6) is 5.88 Å². The SMILES string of the molecule is CC1=Nc2ccccc2C1=Cc1[nH]c(=O)n(Cc2ccccc2)c1O. The van der Waals surface area contributed by atoms with Gasteiger partial charge in [0.2, 0.25) is 5.88 Å². The Bertz CT molecular complexity index is 1060. The van der Waals surface area contributed by atoms with Gasteiger partial charge in [-0.15, -0.1) is 0 Å². The van der Waals surface area contributed by atoms with E-state index in [4.69, 9.17) is 0 Å². The van der Waals surface area contributed by atoms with Gasteiger partial charge in [-0.05, 0) is 24.6 Å². The van der Waals surface area contributed by atoms with E-state index in [1.54, 1.807) is 6.08 Å². The molecule has 0 fully saturated rings. The molecule has 3 aromatic rings. The maximum absolute atomic E-state index is 12.3. The van der Waals surface area contributed by atoms with Gasteiger partial charge in [0.05, 0.1) is 12.2 Å². The molecule has 0 spiro atoms. The molecule has 0 aliphatic carbocycles. The quantitative estimate of drug-likeness (QED) is 0.770. The number of H-pyrrole nitrogens is 1. The number of hydrogen-bond donors (Lipinski definition) is 2. The molecule has 0 saturated carbocycles. The van der Waals surface area contributed by atoms with Crippen LogP contribution in [0.4, 0.5) is 5.69 Å².